The number of hydrogen-bond donors (Lipinski definition) is 2. The molecular formula is C15H11Br2FN2O3. The van der Waals surface area contributed by atoms with Gasteiger partial charge >= 0.3 is 0 Å². The SMILES string of the molecule is COc1cc(C=NNC(=O)c2cccc(F)c2)c(Br)c(Br)c1O. The number of aromatic hydroxyl groups is 1. The normalized spacial score (nSPS) is 10.8. The molecule has 23 heavy (non-hydrogen) atoms. The number of benzene rings is 2. The highest BCUT2D eigenvalue weighted by Gasteiger charge is 2.14. The van der Waals surface area contributed by atoms with E-state index in [4.69, 9.17) is 4.74 Å². The number of carbonyl (C=O) groups excluding carboxylic acids is 1. The smallest absolute Gasteiger partial charge is 0.271 e. The zero-order valence-corrected chi connectivity index (χ0v) is 15.0. The molecule has 0 saturated heterocycles. The molecule has 0 spiro atoms. The third kappa shape index (κ3) is 4.08. The number of ether oxygens (including phenoxy) is 1. The number of rotatable bonds is 4. The summed E-state index contributed by atoms with van der Waals surface area (Å²) in [6, 6.07) is 6.82. The van der Waals surface area contributed by atoms with Crippen LogP contribution in [0.15, 0.2) is 44.4 Å². The Balaban J connectivity index is 2.18. The minimum absolute atomic E-state index is 0.0553. The number of hydrogen-bond acceptors (Lipinski definition) is 4. The zero-order valence-electron chi connectivity index (χ0n) is 11.8. The van der Waals surface area contributed by atoms with E-state index in [-0.39, 0.29) is 17.1 Å². The molecule has 0 aliphatic rings. The van der Waals surface area contributed by atoms with Gasteiger partial charge in [0.1, 0.15) is 5.82 Å². The summed E-state index contributed by atoms with van der Waals surface area (Å²) in [4.78, 5) is 11.8. The van der Waals surface area contributed by atoms with Crippen molar-refractivity contribution in [1.82, 2.24) is 5.43 Å². The lowest BCUT2D eigenvalue weighted by Gasteiger charge is -2.09. The molecule has 0 heterocycles. The second-order valence-corrected chi connectivity index (χ2v) is 5.94. The van der Waals surface area contributed by atoms with Gasteiger partial charge in [-0.25, -0.2) is 9.82 Å². The Labute approximate surface area is 148 Å². The molecule has 0 aliphatic heterocycles. The van der Waals surface area contributed by atoms with Crippen LogP contribution in [-0.2, 0) is 0 Å². The summed E-state index contributed by atoms with van der Waals surface area (Å²) in [6.07, 6.45) is 1.37. The van der Waals surface area contributed by atoms with Gasteiger partial charge in [-0.15, -0.1) is 0 Å². The summed E-state index contributed by atoms with van der Waals surface area (Å²) in [6.45, 7) is 0. The monoisotopic (exact) mass is 444 g/mol. The average molecular weight is 446 g/mol. The zero-order chi connectivity index (χ0) is 17.0. The number of nitrogens with one attached hydrogen (secondary N) is 1. The topological polar surface area (TPSA) is 70.9 Å². The van der Waals surface area contributed by atoms with E-state index in [9.17, 15) is 14.3 Å². The lowest BCUT2D eigenvalue weighted by atomic mass is 10.2. The van der Waals surface area contributed by atoms with Gasteiger partial charge < -0.3 is 9.84 Å². The molecule has 2 N–H and O–H groups in total. The highest BCUT2D eigenvalue weighted by molar-refractivity contribution is 9.13. The molecule has 120 valence electrons. The van der Waals surface area contributed by atoms with Crippen LogP contribution < -0.4 is 10.2 Å². The Hall–Kier alpha value is -1.93. The molecule has 0 bridgehead atoms. The summed E-state index contributed by atoms with van der Waals surface area (Å²) in [5.74, 6) is -0.850. The van der Waals surface area contributed by atoms with Crippen LogP contribution in [0.2, 0.25) is 0 Å². The van der Waals surface area contributed by atoms with Gasteiger partial charge in [-0.2, -0.15) is 5.10 Å². The molecule has 1 amide bonds. The minimum atomic E-state index is -0.540. The van der Waals surface area contributed by atoms with Crippen molar-refractivity contribution in [1.29, 1.82) is 0 Å². The van der Waals surface area contributed by atoms with Crippen LogP contribution in [0.1, 0.15) is 15.9 Å². The van der Waals surface area contributed by atoms with Crippen molar-refractivity contribution in [3.05, 3.63) is 56.2 Å². The Kier molecular flexibility index (Phi) is 5.73. The first-order valence-corrected chi connectivity index (χ1v) is 7.86. The Morgan fingerprint density at radius 3 is 2.74 bits per heavy atom. The van der Waals surface area contributed by atoms with Crippen molar-refractivity contribution in [2.24, 2.45) is 5.10 Å². The summed E-state index contributed by atoms with van der Waals surface area (Å²) in [5.41, 5.74) is 3.02. The van der Waals surface area contributed by atoms with Gasteiger partial charge in [0, 0.05) is 15.6 Å². The molecule has 0 unspecified atom stereocenters. The fraction of sp³-hybridized carbons (Fsp3) is 0.0667. The lowest BCUT2D eigenvalue weighted by molar-refractivity contribution is 0.0954. The molecule has 2 aromatic rings. The van der Waals surface area contributed by atoms with Gasteiger partial charge in [0.15, 0.2) is 11.5 Å². The third-order valence-corrected chi connectivity index (χ3v) is 5.01. The molecule has 0 saturated carbocycles. The van der Waals surface area contributed by atoms with Crippen molar-refractivity contribution in [3.8, 4) is 11.5 Å². The van der Waals surface area contributed by atoms with Crippen LogP contribution in [0.25, 0.3) is 0 Å². The van der Waals surface area contributed by atoms with Gasteiger partial charge in [-0.05, 0) is 56.1 Å². The molecule has 0 fully saturated rings. The van der Waals surface area contributed by atoms with Gasteiger partial charge in [-0.1, -0.05) is 6.07 Å². The number of carbonyl (C=O) groups is 1. The largest absolute Gasteiger partial charge is 0.503 e. The Morgan fingerprint density at radius 1 is 1.35 bits per heavy atom. The van der Waals surface area contributed by atoms with E-state index in [2.05, 4.69) is 42.4 Å². The first-order valence-electron chi connectivity index (χ1n) is 6.28. The van der Waals surface area contributed by atoms with E-state index in [0.29, 0.717) is 14.5 Å². The Morgan fingerprint density at radius 2 is 2.09 bits per heavy atom. The number of phenols is 1. The summed E-state index contributed by atoms with van der Waals surface area (Å²) < 4.78 is 19.0. The van der Waals surface area contributed by atoms with E-state index in [1.165, 1.54) is 31.5 Å². The third-order valence-electron chi connectivity index (χ3n) is 2.85. The summed E-state index contributed by atoms with van der Waals surface area (Å²) >= 11 is 6.52. The fourth-order valence-corrected chi connectivity index (χ4v) is 2.54. The summed E-state index contributed by atoms with van der Waals surface area (Å²) in [7, 11) is 1.42. The number of amides is 1. The predicted octanol–water partition coefficient (Wildman–Crippen LogP) is 3.83. The van der Waals surface area contributed by atoms with Crippen LogP contribution in [0.3, 0.4) is 0 Å². The fourth-order valence-electron chi connectivity index (χ4n) is 1.72. The molecule has 5 nitrogen and oxygen atoms in total. The first kappa shape index (κ1) is 17.4. The molecule has 8 heteroatoms. The van der Waals surface area contributed by atoms with Crippen LogP contribution in [-0.4, -0.2) is 24.3 Å². The minimum Gasteiger partial charge on any atom is -0.503 e. The molecular weight excluding hydrogens is 435 g/mol. The van der Waals surface area contributed by atoms with E-state index >= 15 is 0 Å². The van der Waals surface area contributed by atoms with Crippen molar-refractivity contribution in [2.75, 3.05) is 7.11 Å². The van der Waals surface area contributed by atoms with Crippen molar-refractivity contribution >= 4 is 44.0 Å². The van der Waals surface area contributed by atoms with Crippen LogP contribution >= 0.6 is 31.9 Å². The van der Waals surface area contributed by atoms with E-state index in [1.807, 2.05) is 0 Å². The molecule has 2 rings (SSSR count). The quantitative estimate of drug-likeness (QED) is 0.555. The maximum atomic E-state index is 13.1. The average Bonchev–Trinajstić information content (AvgIpc) is 2.54. The number of hydrazone groups is 1. The lowest BCUT2D eigenvalue weighted by Crippen LogP contribution is -2.17. The molecule has 0 atom stereocenters. The second-order valence-electron chi connectivity index (χ2n) is 4.35. The predicted molar refractivity (Wildman–Crippen MR) is 91.5 cm³/mol. The number of halogens is 3. The van der Waals surface area contributed by atoms with Crippen molar-refractivity contribution in [3.63, 3.8) is 0 Å². The van der Waals surface area contributed by atoms with Crippen LogP contribution in [0.5, 0.6) is 11.5 Å². The number of methoxy groups -OCH3 is 1. The van der Waals surface area contributed by atoms with E-state index < -0.39 is 11.7 Å². The van der Waals surface area contributed by atoms with Gasteiger partial charge in [0.2, 0.25) is 0 Å². The van der Waals surface area contributed by atoms with Crippen LogP contribution in [0.4, 0.5) is 4.39 Å². The van der Waals surface area contributed by atoms with Gasteiger partial charge in [0.05, 0.1) is 17.8 Å². The molecule has 0 aromatic heterocycles. The highest BCUT2D eigenvalue weighted by atomic mass is 79.9. The second kappa shape index (κ2) is 7.56. The molecule has 2 aromatic carbocycles. The van der Waals surface area contributed by atoms with Gasteiger partial charge in [0.25, 0.3) is 5.91 Å². The van der Waals surface area contributed by atoms with Gasteiger partial charge in [-0.3, -0.25) is 4.79 Å². The highest BCUT2D eigenvalue weighted by Crippen LogP contribution is 2.41. The van der Waals surface area contributed by atoms with Crippen molar-refractivity contribution in [2.45, 2.75) is 0 Å². The molecule has 0 radical (unpaired) electrons. The van der Waals surface area contributed by atoms with Crippen molar-refractivity contribution < 1.29 is 19.0 Å². The number of phenolic OH excluding ortho intramolecular Hbond substituents is 1. The maximum absolute atomic E-state index is 13.1. The van der Waals surface area contributed by atoms with E-state index in [0.717, 1.165) is 6.07 Å². The maximum Gasteiger partial charge on any atom is 0.271 e. The molecule has 0 aliphatic carbocycles. The first-order chi connectivity index (χ1) is 10.9. The Bertz CT molecular complexity index is 782. The van der Waals surface area contributed by atoms with Crippen LogP contribution in [0, 0.1) is 5.82 Å². The summed E-state index contributed by atoms with van der Waals surface area (Å²) in [5, 5.41) is 13.7. The standard InChI is InChI=1S/C15H11Br2FN2O3/c1-23-11-6-9(12(16)13(17)14(11)21)7-19-20-15(22)8-3-2-4-10(18)5-8/h2-7,21H,1H3,(H,20,22). The van der Waals surface area contributed by atoms with E-state index in [1.54, 1.807) is 6.07 Å². The number of nitrogens with zero attached hydrogens (tertiary/aromatic N) is 1.